The molecule has 0 aliphatic rings. The monoisotopic (exact) mass is 271 g/mol. The zero-order valence-electron chi connectivity index (χ0n) is 12.3. The summed E-state index contributed by atoms with van der Waals surface area (Å²) in [4.78, 5) is 12.0. The fraction of sp³-hybridized carbons (Fsp3) is 0.353. The van der Waals surface area contributed by atoms with Crippen LogP contribution in [0.5, 0.6) is 0 Å². The molecule has 0 bridgehead atoms. The Hall–Kier alpha value is -2.03. The number of carbonyl (C=O) groups excluding carboxylic acids is 1. The van der Waals surface area contributed by atoms with Gasteiger partial charge in [-0.05, 0) is 31.9 Å². The van der Waals surface area contributed by atoms with Crippen molar-refractivity contribution in [1.82, 2.24) is 4.57 Å². The summed E-state index contributed by atoms with van der Waals surface area (Å²) < 4.78 is 7.38. The van der Waals surface area contributed by atoms with Crippen LogP contribution in [-0.4, -0.2) is 17.1 Å². The Labute approximate surface area is 120 Å². The molecular weight excluding hydrogens is 250 g/mol. The van der Waals surface area contributed by atoms with Gasteiger partial charge in [0.1, 0.15) is 0 Å². The average molecular weight is 271 g/mol. The Morgan fingerprint density at radius 1 is 1.20 bits per heavy atom. The number of aryl methyl sites for hydroxylation is 1. The maximum atomic E-state index is 12.0. The van der Waals surface area contributed by atoms with Crippen molar-refractivity contribution in [1.29, 1.82) is 0 Å². The molecule has 1 aromatic carbocycles. The first-order valence-electron chi connectivity index (χ1n) is 7.01. The maximum Gasteiger partial charge on any atom is 0.339 e. The van der Waals surface area contributed by atoms with Gasteiger partial charge in [0, 0.05) is 17.9 Å². The lowest BCUT2D eigenvalue weighted by atomic mass is 10.2. The van der Waals surface area contributed by atoms with Crippen molar-refractivity contribution in [3.63, 3.8) is 0 Å². The van der Waals surface area contributed by atoms with Crippen molar-refractivity contribution in [3.8, 4) is 0 Å². The number of aromatic nitrogens is 1. The van der Waals surface area contributed by atoms with Crippen molar-refractivity contribution < 1.29 is 9.53 Å². The summed E-state index contributed by atoms with van der Waals surface area (Å²) in [6.45, 7) is 7.23. The minimum Gasteiger partial charge on any atom is -0.462 e. The highest BCUT2D eigenvalue weighted by atomic mass is 16.5. The SMILES string of the molecule is CCCOC(=O)c1cc(C)n(Cc2ccccc2)c1C. The topological polar surface area (TPSA) is 31.2 Å². The van der Waals surface area contributed by atoms with Gasteiger partial charge >= 0.3 is 5.97 Å². The van der Waals surface area contributed by atoms with E-state index in [0.717, 1.165) is 24.4 Å². The van der Waals surface area contributed by atoms with Crippen LogP contribution in [0, 0.1) is 13.8 Å². The Morgan fingerprint density at radius 3 is 2.55 bits per heavy atom. The first kappa shape index (κ1) is 14.4. The number of ether oxygens (including phenoxy) is 1. The van der Waals surface area contributed by atoms with Crippen molar-refractivity contribution >= 4 is 5.97 Å². The first-order valence-corrected chi connectivity index (χ1v) is 7.01. The molecule has 106 valence electrons. The van der Waals surface area contributed by atoms with Gasteiger partial charge in [0.2, 0.25) is 0 Å². The third kappa shape index (κ3) is 3.10. The van der Waals surface area contributed by atoms with Crippen LogP contribution >= 0.6 is 0 Å². The van der Waals surface area contributed by atoms with Gasteiger partial charge in [0.15, 0.2) is 0 Å². The van der Waals surface area contributed by atoms with Crippen molar-refractivity contribution in [3.05, 3.63) is 58.9 Å². The molecule has 0 spiro atoms. The van der Waals surface area contributed by atoms with Gasteiger partial charge in [-0.3, -0.25) is 0 Å². The molecule has 0 saturated carbocycles. The van der Waals surface area contributed by atoms with Gasteiger partial charge in [0.25, 0.3) is 0 Å². The summed E-state index contributed by atoms with van der Waals surface area (Å²) in [6.07, 6.45) is 0.842. The van der Waals surface area contributed by atoms with Crippen LogP contribution in [0.3, 0.4) is 0 Å². The molecule has 0 saturated heterocycles. The number of benzene rings is 1. The van der Waals surface area contributed by atoms with E-state index in [0.29, 0.717) is 12.2 Å². The largest absolute Gasteiger partial charge is 0.462 e. The number of esters is 1. The summed E-state index contributed by atoms with van der Waals surface area (Å²) in [5, 5.41) is 0. The molecule has 3 heteroatoms. The third-order valence-corrected chi connectivity index (χ3v) is 3.41. The number of rotatable bonds is 5. The lowest BCUT2D eigenvalue weighted by Gasteiger charge is -2.10. The van der Waals surface area contributed by atoms with Gasteiger partial charge in [0.05, 0.1) is 12.2 Å². The zero-order valence-corrected chi connectivity index (χ0v) is 12.3. The molecule has 1 heterocycles. The predicted octanol–water partition coefficient (Wildman–Crippen LogP) is 3.72. The van der Waals surface area contributed by atoms with Crippen LogP contribution < -0.4 is 0 Å². The first-order chi connectivity index (χ1) is 9.63. The van der Waals surface area contributed by atoms with E-state index in [-0.39, 0.29) is 5.97 Å². The second-order valence-corrected chi connectivity index (χ2v) is 4.99. The number of nitrogens with zero attached hydrogens (tertiary/aromatic N) is 1. The maximum absolute atomic E-state index is 12.0. The van der Waals surface area contributed by atoms with Crippen LogP contribution in [0.25, 0.3) is 0 Å². The predicted molar refractivity (Wildman–Crippen MR) is 80.0 cm³/mol. The summed E-state index contributed by atoms with van der Waals surface area (Å²) in [5.74, 6) is -0.223. The second-order valence-electron chi connectivity index (χ2n) is 4.99. The molecular formula is C17H21NO2. The summed E-state index contributed by atoms with van der Waals surface area (Å²) >= 11 is 0. The molecule has 20 heavy (non-hydrogen) atoms. The van der Waals surface area contributed by atoms with Crippen molar-refractivity contribution in [2.45, 2.75) is 33.7 Å². The minimum atomic E-state index is -0.223. The van der Waals surface area contributed by atoms with Crippen LogP contribution in [0.15, 0.2) is 36.4 Å². The Kier molecular flexibility index (Phi) is 4.61. The number of carbonyl (C=O) groups is 1. The molecule has 3 nitrogen and oxygen atoms in total. The summed E-state index contributed by atoms with van der Waals surface area (Å²) in [6, 6.07) is 12.2. The molecule has 1 aromatic heterocycles. The molecule has 0 aliphatic heterocycles. The summed E-state index contributed by atoms with van der Waals surface area (Å²) in [5.41, 5.74) is 3.94. The standard InChI is InChI=1S/C17H21NO2/c1-4-10-20-17(19)16-11-13(2)18(14(16)3)12-15-8-6-5-7-9-15/h5-9,11H,4,10,12H2,1-3H3. The molecule has 0 radical (unpaired) electrons. The second kappa shape index (κ2) is 6.42. The van der Waals surface area contributed by atoms with E-state index < -0.39 is 0 Å². The third-order valence-electron chi connectivity index (χ3n) is 3.41. The summed E-state index contributed by atoms with van der Waals surface area (Å²) in [7, 11) is 0. The smallest absolute Gasteiger partial charge is 0.339 e. The highest BCUT2D eigenvalue weighted by molar-refractivity contribution is 5.91. The van der Waals surface area contributed by atoms with Gasteiger partial charge in [-0.1, -0.05) is 37.3 Å². The molecule has 2 rings (SSSR count). The van der Waals surface area contributed by atoms with E-state index in [4.69, 9.17) is 4.74 Å². The van der Waals surface area contributed by atoms with Crippen LogP contribution in [0.1, 0.15) is 40.7 Å². The Bertz CT molecular complexity index is 585. The van der Waals surface area contributed by atoms with Crippen LogP contribution in [0.2, 0.25) is 0 Å². The molecule has 2 aromatic rings. The van der Waals surface area contributed by atoms with E-state index in [1.54, 1.807) is 0 Å². The van der Waals surface area contributed by atoms with Gasteiger partial charge < -0.3 is 9.30 Å². The van der Waals surface area contributed by atoms with Crippen LogP contribution in [-0.2, 0) is 11.3 Å². The lowest BCUT2D eigenvalue weighted by molar-refractivity contribution is 0.0504. The molecule has 0 atom stereocenters. The van der Waals surface area contributed by atoms with Gasteiger partial charge in [-0.25, -0.2) is 4.79 Å². The van der Waals surface area contributed by atoms with Crippen molar-refractivity contribution in [2.24, 2.45) is 0 Å². The Morgan fingerprint density at radius 2 is 1.90 bits per heavy atom. The highest BCUT2D eigenvalue weighted by Gasteiger charge is 2.16. The molecule has 0 amide bonds. The minimum absolute atomic E-state index is 0.223. The van der Waals surface area contributed by atoms with Crippen LogP contribution in [0.4, 0.5) is 0 Å². The van der Waals surface area contributed by atoms with Gasteiger partial charge in [-0.2, -0.15) is 0 Å². The van der Waals surface area contributed by atoms with E-state index >= 15 is 0 Å². The van der Waals surface area contributed by atoms with E-state index in [9.17, 15) is 4.79 Å². The average Bonchev–Trinajstić information content (AvgIpc) is 2.74. The number of hydrogen-bond acceptors (Lipinski definition) is 2. The fourth-order valence-corrected chi connectivity index (χ4v) is 2.29. The Balaban J connectivity index is 2.23. The van der Waals surface area contributed by atoms with Gasteiger partial charge in [-0.15, -0.1) is 0 Å². The molecule has 0 unspecified atom stereocenters. The quantitative estimate of drug-likeness (QED) is 0.776. The fourth-order valence-electron chi connectivity index (χ4n) is 2.29. The lowest BCUT2D eigenvalue weighted by Crippen LogP contribution is -2.09. The zero-order chi connectivity index (χ0) is 14.5. The van der Waals surface area contributed by atoms with E-state index in [1.807, 2.05) is 45.0 Å². The molecule has 0 fully saturated rings. The van der Waals surface area contributed by atoms with E-state index in [1.165, 1.54) is 5.56 Å². The van der Waals surface area contributed by atoms with E-state index in [2.05, 4.69) is 16.7 Å². The highest BCUT2D eigenvalue weighted by Crippen LogP contribution is 2.18. The number of hydrogen-bond donors (Lipinski definition) is 0. The molecule has 0 aliphatic carbocycles. The normalized spacial score (nSPS) is 10.6. The van der Waals surface area contributed by atoms with Crippen molar-refractivity contribution in [2.75, 3.05) is 6.61 Å². The molecule has 0 N–H and O–H groups in total.